The van der Waals surface area contributed by atoms with Gasteiger partial charge in [-0.15, -0.1) is 0 Å². The number of hydrazone groups is 1. The fourth-order valence-electron chi connectivity index (χ4n) is 1.97. The van der Waals surface area contributed by atoms with E-state index < -0.39 is 14.9 Å². The van der Waals surface area contributed by atoms with Crippen molar-refractivity contribution in [2.75, 3.05) is 0 Å². The van der Waals surface area contributed by atoms with Crippen LogP contribution in [0, 0.1) is 24.0 Å². The fraction of sp³-hybridized carbons (Fsp3) is 0.133. The quantitative estimate of drug-likeness (QED) is 0.487. The molecule has 0 saturated heterocycles. The van der Waals surface area contributed by atoms with E-state index in [-0.39, 0.29) is 21.9 Å². The lowest BCUT2D eigenvalue weighted by atomic mass is 10.2. The van der Waals surface area contributed by atoms with Crippen LogP contribution in [0.1, 0.15) is 16.7 Å². The standard InChI is InChI=1S/C15H15N3O5S/c1-10-3-4-11(2)15(7-10)24(22,23)17-16-9-12-8-13(18(20)21)5-6-14(12)19/h3-9,17,19H,1-2H3/b16-9-. The Balaban J connectivity index is 2.26. The third-order valence-corrected chi connectivity index (χ3v) is 4.60. The molecule has 0 spiro atoms. The number of sulfonamides is 1. The van der Waals surface area contributed by atoms with Gasteiger partial charge in [-0.3, -0.25) is 10.1 Å². The molecule has 0 heterocycles. The minimum absolute atomic E-state index is 0.0212. The van der Waals surface area contributed by atoms with Crippen LogP contribution in [0.15, 0.2) is 46.4 Å². The maximum atomic E-state index is 12.3. The summed E-state index contributed by atoms with van der Waals surface area (Å²) in [7, 11) is -3.89. The topological polar surface area (TPSA) is 122 Å². The second-order valence-corrected chi connectivity index (χ2v) is 6.75. The van der Waals surface area contributed by atoms with Gasteiger partial charge < -0.3 is 5.11 Å². The van der Waals surface area contributed by atoms with E-state index in [0.717, 1.165) is 30.0 Å². The summed E-state index contributed by atoms with van der Waals surface area (Å²) in [6.07, 6.45) is 1.00. The molecule has 2 N–H and O–H groups in total. The Kier molecular flexibility index (Phi) is 4.84. The molecule has 0 unspecified atom stereocenters. The SMILES string of the molecule is Cc1ccc(C)c(S(=O)(=O)N/N=C\c2cc([N+](=O)[O-])ccc2O)c1. The normalized spacial score (nSPS) is 11.6. The molecule has 0 aromatic heterocycles. The predicted octanol–water partition coefficient (Wildman–Crippen LogP) is 2.23. The van der Waals surface area contributed by atoms with Crippen molar-refractivity contribution in [1.29, 1.82) is 0 Å². The van der Waals surface area contributed by atoms with E-state index in [1.165, 1.54) is 6.07 Å². The summed E-state index contributed by atoms with van der Waals surface area (Å²) >= 11 is 0. The molecule has 0 aliphatic heterocycles. The van der Waals surface area contributed by atoms with Crippen molar-refractivity contribution >= 4 is 21.9 Å². The van der Waals surface area contributed by atoms with Gasteiger partial charge >= 0.3 is 0 Å². The largest absolute Gasteiger partial charge is 0.507 e. The lowest BCUT2D eigenvalue weighted by Crippen LogP contribution is -2.19. The van der Waals surface area contributed by atoms with Crippen molar-refractivity contribution < 1.29 is 18.4 Å². The third kappa shape index (κ3) is 3.87. The third-order valence-electron chi connectivity index (χ3n) is 3.23. The number of phenolic OH excluding ortho intramolecular Hbond substituents is 1. The molecule has 8 nitrogen and oxygen atoms in total. The molecule has 2 aromatic carbocycles. The fourth-order valence-corrected chi connectivity index (χ4v) is 3.09. The Hall–Kier alpha value is -2.94. The van der Waals surface area contributed by atoms with E-state index in [2.05, 4.69) is 5.10 Å². The zero-order valence-corrected chi connectivity index (χ0v) is 13.7. The molecule has 0 bridgehead atoms. The van der Waals surface area contributed by atoms with Gasteiger partial charge in [0, 0.05) is 17.7 Å². The van der Waals surface area contributed by atoms with Crippen LogP contribution in [0.5, 0.6) is 5.75 Å². The summed E-state index contributed by atoms with van der Waals surface area (Å²) in [4.78, 5) is 12.2. The summed E-state index contributed by atoms with van der Waals surface area (Å²) in [5.74, 6) is -0.254. The number of phenols is 1. The first-order valence-electron chi connectivity index (χ1n) is 6.80. The number of aryl methyl sites for hydroxylation is 2. The molecular weight excluding hydrogens is 334 g/mol. The molecule has 0 radical (unpaired) electrons. The lowest BCUT2D eigenvalue weighted by Gasteiger charge is -2.07. The van der Waals surface area contributed by atoms with Crippen LogP contribution in [0.25, 0.3) is 0 Å². The van der Waals surface area contributed by atoms with Gasteiger partial charge in [-0.1, -0.05) is 12.1 Å². The van der Waals surface area contributed by atoms with Crippen molar-refractivity contribution in [3.05, 3.63) is 63.2 Å². The molecule has 2 rings (SSSR count). The van der Waals surface area contributed by atoms with E-state index in [0.29, 0.717) is 5.56 Å². The molecule has 24 heavy (non-hydrogen) atoms. The minimum Gasteiger partial charge on any atom is -0.507 e. The molecule has 126 valence electrons. The number of non-ortho nitro benzene ring substituents is 1. The number of hydrogen-bond donors (Lipinski definition) is 2. The second kappa shape index (κ2) is 6.67. The van der Waals surface area contributed by atoms with Gasteiger partial charge in [-0.2, -0.15) is 13.5 Å². The number of benzene rings is 2. The first-order chi connectivity index (χ1) is 11.2. The number of nitrogens with zero attached hydrogens (tertiary/aromatic N) is 2. The Morgan fingerprint density at radius 3 is 2.58 bits per heavy atom. The van der Waals surface area contributed by atoms with Crippen LogP contribution < -0.4 is 4.83 Å². The van der Waals surface area contributed by atoms with Crippen molar-refractivity contribution in [3.8, 4) is 5.75 Å². The van der Waals surface area contributed by atoms with Crippen molar-refractivity contribution in [1.82, 2.24) is 4.83 Å². The summed E-state index contributed by atoms with van der Waals surface area (Å²) < 4.78 is 24.5. The number of nitro benzene ring substituents is 1. The summed E-state index contributed by atoms with van der Waals surface area (Å²) in [6.45, 7) is 3.42. The van der Waals surface area contributed by atoms with E-state index in [1.807, 2.05) is 4.83 Å². The maximum absolute atomic E-state index is 12.3. The van der Waals surface area contributed by atoms with E-state index >= 15 is 0 Å². The van der Waals surface area contributed by atoms with Gasteiger partial charge in [0.25, 0.3) is 15.7 Å². The molecule has 0 aliphatic rings. The lowest BCUT2D eigenvalue weighted by molar-refractivity contribution is -0.384. The first-order valence-corrected chi connectivity index (χ1v) is 8.28. The number of nitro groups is 1. The van der Waals surface area contributed by atoms with E-state index in [4.69, 9.17) is 0 Å². The molecule has 0 aliphatic carbocycles. The van der Waals surface area contributed by atoms with Crippen molar-refractivity contribution in [2.45, 2.75) is 18.7 Å². The first kappa shape index (κ1) is 17.4. The van der Waals surface area contributed by atoms with Crippen LogP contribution in [0.2, 0.25) is 0 Å². The van der Waals surface area contributed by atoms with Crippen LogP contribution in [0.4, 0.5) is 5.69 Å². The zero-order chi connectivity index (χ0) is 17.9. The average Bonchev–Trinajstić information content (AvgIpc) is 2.51. The average molecular weight is 349 g/mol. The summed E-state index contributed by atoms with van der Waals surface area (Å²) in [5.41, 5.74) is 1.11. The highest BCUT2D eigenvalue weighted by atomic mass is 32.2. The maximum Gasteiger partial charge on any atom is 0.276 e. The highest BCUT2D eigenvalue weighted by molar-refractivity contribution is 7.89. The van der Waals surface area contributed by atoms with Crippen LogP contribution in [-0.4, -0.2) is 24.7 Å². The van der Waals surface area contributed by atoms with Gasteiger partial charge in [0.05, 0.1) is 16.0 Å². The Morgan fingerprint density at radius 1 is 1.21 bits per heavy atom. The Bertz CT molecular complexity index is 923. The van der Waals surface area contributed by atoms with Gasteiger partial charge in [-0.05, 0) is 37.1 Å². The van der Waals surface area contributed by atoms with E-state index in [9.17, 15) is 23.6 Å². The molecule has 0 atom stereocenters. The molecule has 0 fully saturated rings. The monoisotopic (exact) mass is 349 g/mol. The van der Waals surface area contributed by atoms with Gasteiger partial charge in [0.1, 0.15) is 5.75 Å². The highest BCUT2D eigenvalue weighted by Gasteiger charge is 2.16. The van der Waals surface area contributed by atoms with Gasteiger partial charge in [0.15, 0.2) is 0 Å². The van der Waals surface area contributed by atoms with Crippen LogP contribution >= 0.6 is 0 Å². The van der Waals surface area contributed by atoms with E-state index in [1.54, 1.807) is 26.0 Å². The predicted molar refractivity (Wildman–Crippen MR) is 88.6 cm³/mol. The minimum atomic E-state index is -3.89. The van der Waals surface area contributed by atoms with Crippen LogP contribution in [-0.2, 0) is 10.0 Å². The van der Waals surface area contributed by atoms with Crippen LogP contribution in [0.3, 0.4) is 0 Å². The van der Waals surface area contributed by atoms with Crippen molar-refractivity contribution in [2.24, 2.45) is 5.10 Å². The smallest absolute Gasteiger partial charge is 0.276 e. The number of rotatable bonds is 5. The van der Waals surface area contributed by atoms with Gasteiger partial charge in [0.2, 0.25) is 0 Å². The molecule has 2 aromatic rings. The number of nitrogens with one attached hydrogen (secondary N) is 1. The number of aromatic hydroxyl groups is 1. The molecule has 9 heteroatoms. The molecular formula is C15H15N3O5S. The highest BCUT2D eigenvalue weighted by Crippen LogP contribution is 2.21. The summed E-state index contributed by atoms with van der Waals surface area (Å²) in [5, 5.41) is 23.9. The van der Waals surface area contributed by atoms with Crippen molar-refractivity contribution in [3.63, 3.8) is 0 Å². The van der Waals surface area contributed by atoms with Gasteiger partial charge in [-0.25, -0.2) is 4.83 Å². The number of hydrogen-bond acceptors (Lipinski definition) is 6. The molecule has 0 amide bonds. The zero-order valence-electron chi connectivity index (χ0n) is 12.9. The Labute approximate surface area is 138 Å². The Morgan fingerprint density at radius 2 is 1.92 bits per heavy atom. The summed E-state index contributed by atoms with van der Waals surface area (Å²) in [6, 6.07) is 8.34. The second-order valence-electron chi connectivity index (χ2n) is 5.12. The molecule has 0 saturated carbocycles.